The third kappa shape index (κ3) is 9.55. The van der Waals surface area contributed by atoms with Crippen LogP contribution in [0.25, 0.3) is 0 Å². The molecule has 5 rings (SSSR count). The van der Waals surface area contributed by atoms with Gasteiger partial charge < -0.3 is 45.5 Å². The topological polar surface area (TPSA) is 185 Å². The van der Waals surface area contributed by atoms with Crippen LogP contribution in [0.4, 0.5) is 11.4 Å². The van der Waals surface area contributed by atoms with Gasteiger partial charge in [-0.15, -0.1) is 0 Å². The van der Waals surface area contributed by atoms with E-state index in [1.165, 1.54) is 14.0 Å². The van der Waals surface area contributed by atoms with E-state index in [0.717, 1.165) is 23.2 Å². The molecule has 0 saturated heterocycles. The van der Waals surface area contributed by atoms with Crippen molar-refractivity contribution in [3.63, 3.8) is 0 Å². The van der Waals surface area contributed by atoms with Crippen LogP contribution in [0.3, 0.4) is 0 Å². The number of fused-ring (bicyclic) bond motifs is 4. The van der Waals surface area contributed by atoms with E-state index in [4.69, 9.17) is 19.3 Å². The molecule has 53 heavy (non-hydrogen) atoms. The maximum absolute atomic E-state index is 13.8. The number of nitrogens with zero attached hydrogens (tertiary/aromatic N) is 1. The van der Waals surface area contributed by atoms with Crippen LogP contribution in [0.5, 0.6) is 11.5 Å². The van der Waals surface area contributed by atoms with Gasteiger partial charge in [0.2, 0.25) is 17.7 Å². The summed E-state index contributed by atoms with van der Waals surface area (Å²) < 4.78 is 17.5. The Kier molecular flexibility index (Phi) is 12.4. The molecule has 0 spiro atoms. The molecule has 14 nitrogen and oxygen atoms in total. The molecule has 4 amide bonds. The average Bonchev–Trinajstić information content (AvgIpc) is 3.43. The van der Waals surface area contributed by atoms with E-state index in [-0.39, 0.29) is 37.3 Å². The molecule has 2 aromatic carbocycles. The van der Waals surface area contributed by atoms with Crippen molar-refractivity contribution >= 4 is 41.0 Å². The predicted octanol–water partition coefficient (Wildman–Crippen LogP) is 3.71. The summed E-state index contributed by atoms with van der Waals surface area (Å²) in [5.41, 5.74) is 4.14. The van der Waals surface area contributed by atoms with Crippen LogP contribution >= 0.6 is 0 Å². The first-order valence-electron chi connectivity index (χ1n) is 17.8. The van der Waals surface area contributed by atoms with Crippen LogP contribution in [0.2, 0.25) is 0 Å². The number of carbonyl (C=O) groups is 5. The zero-order chi connectivity index (χ0) is 38.3. The largest absolute Gasteiger partial charge is 0.493 e. The summed E-state index contributed by atoms with van der Waals surface area (Å²) in [6, 6.07) is 9.63. The third-order valence-electron chi connectivity index (χ3n) is 9.57. The molecule has 2 aromatic rings. The van der Waals surface area contributed by atoms with Gasteiger partial charge in [-0.05, 0) is 68.9 Å². The molecule has 0 bridgehead atoms. The molecular formula is C39H49N5O9. The molecule has 1 unspecified atom stereocenters. The number of ether oxygens (including phenoxy) is 3. The fraction of sp³-hybridized carbons (Fsp3) is 0.462. The van der Waals surface area contributed by atoms with Crippen molar-refractivity contribution in [2.45, 2.75) is 77.4 Å². The summed E-state index contributed by atoms with van der Waals surface area (Å²) in [6.45, 7) is 6.19. The number of hydrogen-bond acceptors (Lipinski definition) is 9. The minimum Gasteiger partial charge on any atom is -0.493 e. The van der Waals surface area contributed by atoms with Crippen molar-refractivity contribution < 1.29 is 43.3 Å². The van der Waals surface area contributed by atoms with Crippen LogP contribution in [-0.4, -0.2) is 86.8 Å². The van der Waals surface area contributed by atoms with Crippen molar-refractivity contribution in [2.75, 3.05) is 44.2 Å². The summed E-state index contributed by atoms with van der Waals surface area (Å²) in [4.78, 5) is 64.6. The fourth-order valence-electron chi connectivity index (χ4n) is 7.02. The number of methoxy groups -OCH3 is 2. The van der Waals surface area contributed by atoms with Gasteiger partial charge in [0.15, 0.2) is 11.5 Å². The van der Waals surface area contributed by atoms with E-state index in [1.54, 1.807) is 26.2 Å². The van der Waals surface area contributed by atoms with Gasteiger partial charge in [0.05, 0.1) is 31.0 Å². The lowest BCUT2D eigenvalue weighted by Crippen LogP contribution is -2.51. The molecule has 14 heteroatoms. The number of para-hydroxylation sites is 1. The van der Waals surface area contributed by atoms with Gasteiger partial charge in [-0.3, -0.25) is 24.0 Å². The minimum absolute atomic E-state index is 0.0117. The highest BCUT2D eigenvalue weighted by Gasteiger charge is 2.38. The van der Waals surface area contributed by atoms with Crippen LogP contribution in [0.1, 0.15) is 68.8 Å². The smallest absolute Gasteiger partial charge is 0.303 e. The average molecular weight is 732 g/mol. The van der Waals surface area contributed by atoms with Gasteiger partial charge in [0.25, 0.3) is 5.91 Å². The highest BCUT2D eigenvalue weighted by atomic mass is 16.5. The summed E-state index contributed by atoms with van der Waals surface area (Å²) in [5, 5.41) is 20.3. The number of carboxylic acid groups (broad SMARTS) is 1. The monoisotopic (exact) mass is 731 g/mol. The van der Waals surface area contributed by atoms with Gasteiger partial charge in [0.1, 0.15) is 18.7 Å². The van der Waals surface area contributed by atoms with E-state index in [2.05, 4.69) is 27.3 Å². The molecule has 284 valence electrons. The van der Waals surface area contributed by atoms with Crippen LogP contribution in [-0.2, 0) is 30.3 Å². The Labute approximate surface area is 309 Å². The molecule has 5 N–H and O–H groups in total. The minimum atomic E-state index is -0.927. The number of benzene rings is 2. The summed E-state index contributed by atoms with van der Waals surface area (Å²) in [7, 11) is 3.14. The lowest BCUT2D eigenvalue weighted by Gasteiger charge is -2.31. The summed E-state index contributed by atoms with van der Waals surface area (Å²) in [5.74, 6) is -1.52. The molecule has 2 heterocycles. The van der Waals surface area contributed by atoms with Crippen molar-refractivity contribution in [1.82, 2.24) is 16.0 Å². The first kappa shape index (κ1) is 38.9. The van der Waals surface area contributed by atoms with Gasteiger partial charge in [-0.2, -0.15) is 0 Å². The Morgan fingerprint density at radius 2 is 1.75 bits per heavy atom. The molecule has 2 aliphatic heterocycles. The summed E-state index contributed by atoms with van der Waals surface area (Å²) in [6.07, 6.45) is 5.92. The number of allylic oxidation sites excluding steroid dienone is 1. The quantitative estimate of drug-likeness (QED) is 0.160. The predicted molar refractivity (Wildman–Crippen MR) is 198 cm³/mol. The number of anilines is 2. The second kappa shape index (κ2) is 17.0. The maximum Gasteiger partial charge on any atom is 0.303 e. The third-order valence-corrected chi connectivity index (χ3v) is 9.57. The molecule has 0 radical (unpaired) electrons. The Balaban J connectivity index is 1.22. The van der Waals surface area contributed by atoms with E-state index < -0.39 is 35.3 Å². The first-order chi connectivity index (χ1) is 25.3. The number of carboxylic acids is 1. The molecule has 0 aromatic heterocycles. The van der Waals surface area contributed by atoms with E-state index >= 15 is 0 Å². The zero-order valence-electron chi connectivity index (χ0n) is 30.9. The number of hydrogen-bond donors (Lipinski definition) is 5. The van der Waals surface area contributed by atoms with Crippen molar-refractivity contribution in [1.29, 1.82) is 0 Å². The van der Waals surface area contributed by atoms with E-state index in [0.29, 0.717) is 60.9 Å². The lowest BCUT2D eigenvalue weighted by molar-refractivity contribution is -0.137. The number of rotatable bonds is 16. The molecule has 3 aliphatic rings. The maximum atomic E-state index is 13.8. The van der Waals surface area contributed by atoms with Crippen LogP contribution in [0, 0.1) is 5.41 Å². The fourth-order valence-corrected chi connectivity index (χ4v) is 7.02. The standard InChI is InChI=1S/C39H49N5O9/c1-23(41-34(45)12-8-9-13-35(46)47)36(48)42-24(2)37(49)43-27-14-25(18-39(3,19-27)22-51-4)21-53-33-17-30-29(16-32(33)52-5)38(50)44-28(20-40-30)15-26-10-6-7-11-31(26)44/h6-7,10-11,14,16-17,19,23-24,28,40H,8-9,12-13,15,18,20-22H2,1-5H3,(H,41,45)(H,42,48)(H,43,49)(H,46,47)/t23-,24-,28-,39?/m0/s1. The second-order valence-electron chi connectivity index (χ2n) is 14.2. The van der Waals surface area contributed by atoms with Gasteiger partial charge >= 0.3 is 5.97 Å². The Hall–Kier alpha value is -5.37. The molecule has 4 atom stereocenters. The zero-order valence-corrected chi connectivity index (χ0v) is 30.9. The number of carbonyl (C=O) groups excluding carboxylic acids is 4. The molecule has 0 saturated carbocycles. The second-order valence-corrected chi connectivity index (χ2v) is 14.2. The van der Waals surface area contributed by atoms with Gasteiger partial charge in [-0.1, -0.05) is 31.2 Å². The highest BCUT2D eigenvalue weighted by Crippen LogP contribution is 2.41. The van der Waals surface area contributed by atoms with Crippen molar-refractivity contribution in [3.05, 3.63) is 70.9 Å². The van der Waals surface area contributed by atoms with Gasteiger partial charge in [0, 0.05) is 49.4 Å². The SMILES string of the molecule is COCC1(C)C=C(NC(=O)[C@H](C)NC(=O)[C@H](C)NC(=O)CCCCC(=O)O)C=C(COc2cc3c(cc2OC)C(=O)N2c4ccccc4C[C@H]2CN3)C1. The number of aliphatic carboxylic acids is 1. The van der Waals surface area contributed by atoms with Crippen molar-refractivity contribution in [2.24, 2.45) is 5.41 Å². The van der Waals surface area contributed by atoms with Gasteiger partial charge in [-0.25, -0.2) is 0 Å². The Morgan fingerprint density at radius 3 is 2.49 bits per heavy atom. The summed E-state index contributed by atoms with van der Waals surface area (Å²) >= 11 is 0. The van der Waals surface area contributed by atoms with E-state index in [9.17, 15) is 24.0 Å². The van der Waals surface area contributed by atoms with Crippen LogP contribution < -0.4 is 35.6 Å². The number of nitrogens with one attached hydrogen (secondary N) is 4. The highest BCUT2D eigenvalue weighted by molar-refractivity contribution is 6.12. The molecule has 0 fully saturated rings. The lowest BCUT2D eigenvalue weighted by atomic mass is 9.80. The van der Waals surface area contributed by atoms with E-state index in [1.807, 2.05) is 42.2 Å². The van der Waals surface area contributed by atoms with Crippen LogP contribution in [0.15, 0.2) is 59.8 Å². The normalized spacial score (nSPS) is 19.8. The van der Waals surface area contributed by atoms with Crippen molar-refractivity contribution in [3.8, 4) is 11.5 Å². The Morgan fingerprint density at radius 1 is 1.02 bits per heavy atom. The number of unbranched alkanes of at least 4 members (excludes halogenated alkanes) is 1. The molecule has 1 aliphatic carbocycles. The first-order valence-corrected chi connectivity index (χ1v) is 17.8. The Bertz CT molecular complexity index is 1810. The molecular weight excluding hydrogens is 682 g/mol. The number of amides is 4.